The first-order chi connectivity index (χ1) is 9.33. The van der Waals surface area contributed by atoms with Crippen LogP contribution in [-0.4, -0.2) is 56.0 Å². The molecule has 5 nitrogen and oxygen atoms in total. The molecule has 2 rings (SSSR count). The van der Waals surface area contributed by atoms with Crippen molar-refractivity contribution in [1.29, 1.82) is 0 Å². The monoisotopic (exact) mass is 303 g/mol. The SMILES string of the molecule is CC(C)[C@H]1CCO[C@H]1C(=O)N1CCC(C)S(=O)(=O)CC1. The largest absolute Gasteiger partial charge is 0.368 e. The second-order valence-electron chi connectivity index (χ2n) is 6.28. The first-order valence-corrected chi connectivity index (χ1v) is 9.16. The van der Waals surface area contributed by atoms with Gasteiger partial charge >= 0.3 is 0 Å². The van der Waals surface area contributed by atoms with Crippen LogP contribution in [-0.2, 0) is 19.4 Å². The third kappa shape index (κ3) is 3.17. The minimum Gasteiger partial charge on any atom is -0.368 e. The molecule has 0 aromatic rings. The molecule has 2 fully saturated rings. The van der Waals surface area contributed by atoms with Gasteiger partial charge in [-0.1, -0.05) is 13.8 Å². The van der Waals surface area contributed by atoms with Gasteiger partial charge in [0.15, 0.2) is 9.84 Å². The Kier molecular flexibility index (Phi) is 4.74. The highest BCUT2D eigenvalue weighted by atomic mass is 32.2. The van der Waals surface area contributed by atoms with E-state index >= 15 is 0 Å². The Morgan fingerprint density at radius 2 is 1.95 bits per heavy atom. The Hall–Kier alpha value is -0.620. The predicted molar refractivity (Wildman–Crippen MR) is 77.1 cm³/mol. The van der Waals surface area contributed by atoms with Gasteiger partial charge in [-0.15, -0.1) is 0 Å². The van der Waals surface area contributed by atoms with Crippen LogP contribution < -0.4 is 0 Å². The summed E-state index contributed by atoms with van der Waals surface area (Å²) in [4.78, 5) is 14.3. The smallest absolute Gasteiger partial charge is 0.252 e. The Morgan fingerprint density at radius 1 is 1.25 bits per heavy atom. The van der Waals surface area contributed by atoms with Crippen molar-refractivity contribution in [2.75, 3.05) is 25.4 Å². The molecule has 2 aliphatic heterocycles. The van der Waals surface area contributed by atoms with E-state index in [1.54, 1.807) is 11.8 Å². The maximum atomic E-state index is 12.6. The van der Waals surface area contributed by atoms with Gasteiger partial charge in [0.25, 0.3) is 5.91 Å². The molecule has 0 N–H and O–H groups in total. The molecule has 3 atom stereocenters. The lowest BCUT2D eigenvalue weighted by atomic mass is 9.89. The van der Waals surface area contributed by atoms with Crippen LogP contribution in [0.2, 0.25) is 0 Å². The molecule has 0 bridgehead atoms. The van der Waals surface area contributed by atoms with Crippen molar-refractivity contribution in [1.82, 2.24) is 4.90 Å². The van der Waals surface area contributed by atoms with Crippen molar-refractivity contribution in [2.24, 2.45) is 11.8 Å². The molecule has 0 spiro atoms. The maximum Gasteiger partial charge on any atom is 0.252 e. The van der Waals surface area contributed by atoms with Crippen molar-refractivity contribution >= 4 is 15.7 Å². The van der Waals surface area contributed by atoms with Gasteiger partial charge < -0.3 is 9.64 Å². The average molecular weight is 303 g/mol. The first kappa shape index (κ1) is 15.8. The molecule has 2 aliphatic rings. The molecule has 0 aliphatic carbocycles. The summed E-state index contributed by atoms with van der Waals surface area (Å²) in [5.74, 6) is 0.699. The molecule has 1 amide bonds. The van der Waals surface area contributed by atoms with Crippen molar-refractivity contribution in [3.8, 4) is 0 Å². The summed E-state index contributed by atoms with van der Waals surface area (Å²) in [6, 6.07) is 0. The van der Waals surface area contributed by atoms with E-state index in [9.17, 15) is 13.2 Å². The van der Waals surface area contributed by atoms with Crippen LogP contribution in [0.25, 0.3) is 0 Å². The van der Waals surface area contributed by atoms with Gasteiger partial charge in [-0.3, -0.25) is 4.79 Å². The molecule has 0 aromatic carbocycles. The molecule has 0 radical (unpaired) electrons. The number of hydrogen-bond donors (Lipinski definition) is 0. The van der Waals surface area contributed by atoms with Crippen LogP contribution in [0.15, 0.2) is 0 Å². The van der Waals surface area contributed by atoms with Crippen LogP contribution in [0, 0.1) is 11.8 Å². The lowest BCUT2D eigenvalue weighted by molar-refractivity contribution is -0.143. The maximum absolute atomic E-state index is 12.6. The lowest BCUT2D eigenvalue weighted by Gasteiger charge is -2.27. The number of carbonyl (C=O) groups is 1. The Balaban J connectivity index is 2.06. The number of rotatable bonds is 2. The third-order valence-corrected chi connectivity index (χ3v) is 6.83. The van der Waals surface area contributed by atoms with E-state index in [1.807, 2.05) is 0 Å². The number of hydrogen-bond acceptors (Lipinski definition) is 4. The zero-order valence-corrected chi connectivity index (χ0v) is 13.4. The minimum absolute atomic E-state index is 0.0227. The van der Waals surface area contributed by atoms with Crippen molar-refractivity contribution in [3.63, 3.8) is 0 Å². The zero-order chi connectivity index (χ0) is 14.9. The van der Waals surface area contributed by atoms with Crippen LogP contribution in [0.3, 0.4) is 0 Å². The molecular formula is C14H25NO4S. The van der Waals surface area contributed by atoms with Gasteiger partial charge in [-0.2, -0.15) is 0 Å². The van der Waals surface area contributed by atoms with Gasteiger partial charge in [-0.25, -0.2) is 8.42 Å². The number of amides is 1. The minimum atomic E-state index is -3.05. The van der Waals surface area contributed by atoms with Crippen LogP contribution in [0.4, 0.5) is 0 Å². The van der Waals surface area contributed by atoms with Crippen molar-refractivity contribution < 1.29 is 17.9 Å². The lowest BCUT2D eigenvalue weighted by Crippen LogP contribution is -2.44. The summed E-state index contributed by atoms with van der Waals surface area (Å²) in [5.41, 5.74) is 0. The molecule has 0 aromatic heterocycles. The molecule has 2 saturated heterocycles. The van der Waals surface area contributed by atoms with Gasteiger partial charge in [0.05, 0.1) is 11.0 Å². The van der Waals surface area contributed by atoms with Crippen LogP contribution in [0.5, 0.6) is 0 Å². The number of sulfone groups is 1. The molecule has 116 valence electrons. The second kappa shape index (κ2) is 6.02. The predicted octanol–water partition coefficient (Wildman–Crippen LogP) is 1.08. The van der Waals surface area contributed by atoms with E-state index in [0.717, 1.165) is 6.42 Å². The number of nitrogens with zero attached hydrogens (tertiary/aromatic N) is 1. The third-order valence-electron chi connectivity index (χ3n) is 4.61. The normalized spacial score (nSPS) is 34.2. The van der Waals surface area contributed by atoms with Gasteiger partial charge in [-0.05, 0) is 31.6 Å². The highest BCUT2D eigenvalue weighted by Gasteiger charge is 2.39. The Labute approximate surface area is 121 Å². The summed E-state index contributed by atoms with van der Waals surface area (Å²) in [6.07, 6.45) is 1.05. The number of ether oxygens (including phenoxy) is 1. The van der Waals surface area contributed by atoms with E-state index in [4.69, 9.17) is 4.74 Å². The topological polar surface area (TPSA) is 63.7 Å². The fraction of sp³-hybridized carbons (Fsp3) is 0.929. The van der Waals surface area contributed by atoms with E-state index in [-0.39, 0.29) is 28.9 Å². The standard InChI is InChI=1S/C14H25NO4S/c1-10(2)12-5-8-19-13(12)14(16)15-6-4-11(3)20(17,18)9-7-15/h10-13H,4-9H2,1-3H3/t11?,12-,13-/m1/s1. The summed E-state index contributed by atoms with van der Waals surface area (Å²) in [5, 5.41) is -0.356. The molecule has 6 heteroatoms. The highest BCUT2D eigenvalue weighted by Crippen LogP contribution is 2.29. The molecular weight excluding hydrogens is 278 g/mol. The zero-order valence-electron chi connectivity index (χ0n) is 12.5. The van der Waals surface area contributed by atoms with Gasteiger partial charge in [0.2, 0.25) is 0 Å². The highest BCUT2D eigenvalue weighted by molar-refractivity contribution is 7.92. The van der Waals surface area contributed by atoms with E-state index in [2.05, 4.69) is 13.8 Å². The van der Waals surface area contributed by atoms with E-state index in [1.165, 1.54) is 0 Å². The molecule has 20 heavy (non-hydrogen) atoms. The summed E-state index contributed by atoms with van der Waals surface area (Å²) >= 11 is 0. The molecule has 1 unspecified atom stereocenters. The summed E-state index contributed by atoms with van der Waals surface area (Å²) < 4.78 is 29.4. The van der Waals surface area contributed by atoms with Crippen LogP contribution in [0.1, 0.15) is 33.6 Å². The molecule has 0 saturated carbocycles. The Bertz CT molecular complexity index is 460. The van der Waals surface area contributed by atoms with Crippen LogP contribution >= 0.6 is 0 Å². The fourth-order valence-electron chi connectivity index (χ4n) is 3.01. The average Bonchev–Trinajstić information content (AvgIpc) is 2.82. The number of carbonyl (C=O) groups excluding carboxylic acids is 1. The van der Waals surface area contributed by atoms with Gasteiger partial charge in [0.1, 0.15) is 6.10 Å². The second-order valence-corrected chi connectivity index (χ2v) is 8.82. The Morgan fingerprint density at radius 3 is 2.60 bits per heavy atom. The van der Waals surface area contributed by atoms with Gasteiger partial charge in [0, 0.05) is 19.7 Å². The van der Waals surface area contributed by atoms with E-state index in [0.29, 0.717) is 32.0 Å². The summed E-state index contributed by atoms with van der Waals surface area (Å²) in [6.45, 7) is 7.39. The quantitative estimate of drug-likeness (QED) is 0.766. The van der Waals surface area contributed by atoms with E-state index < -0.39 is 9.84 Å². The van der Waals surface area contributed by atoms with Crippen molar-refractivity contribution in [2.45, 2.75) is 45.0 Å². The first-order valence-electron chi connectivity index (χ1n) is 7.45. The summed E-state index contributed by atoms with van der Waals surface area (Å²) in [7, 11) is -3.05. The fourth-order valence-corrected chi connectivity index (χ4v) is 4.35. The molecule has 2 heterocycles. The van der Waals surface area contributed by atoms with Crippen molar-refractivity contribution in [3.05, 3.63) is 0 Å².